The number of rotatable bonds is 3. The summed E-state index contributed by atoms with van der Waals surface area (Å²) in [6.07, 6.45) is -2.72. The van der Waals surface area contributed by atoms with Gasteiger partial charge in [0.1, 0.15) is 0 Å². The number of aromatic nitrogens is 3. The van der Waals surface area contributed by atoms with E-state index in [0.717, 1.165) is 25.0 Å². The summed E-state index contributed by atoms with van der Waals surface area (Å²) >= 11 is 0. The van der Waals surface area contributed by atoms with Crippen LogP contribution in [0.4, 0.5) is 13.2 Å². The van der Waals surface area contributed by atoms with Crippen LogP contribution in [0.15, 0.2) is 54.6 Å². The topological polar surface area (TPSA) is 51.0 Å². The number of carbonyl (C=O) groups excluding carboxylic acids is 1. The highest BCUT2D eigenvalue weighted by Gasteiger charge is 2.38. The van der Waals surface area contributed by atoms with E-state index in [4.69, 9.17) is 0 Å². The molecule has 2 aromatic carbocycles. The standard InChI is InChI=1S/C22H21F3N4O/c1-21(2)12-7-13-28(21)20(30)18-26-19(15-8-4-3-5-9-15)29(27-18)17-11-6-10-16(14-17)22(23,24)25/h3-6,8-11,14H,7,12-13H2,1-2H3. The Labute approximate surface area is 172 Å². The summed E-state index contributed by atoms with van der Waals surface area (Å²) in [5.41, 5.74) is -0.257. The summed E-state index contributed by atoms with van der Waals surface area (Å²) < 4.78 is 41.0. The van der Waals surface area contributed by atoms with Crippen molar-refractivity contribution >= 4 is 5.91 Å². The minimum atomic E-state index is -4.48. The van der Waals surface area contributed by atoms with Gasteiger partial charge in [0, 0.05) is 17.6 Å². The third-order valence-corrected chi connectivity index (χ3v) is 5.39. The summed E-state index contributed by atoms with van der Waals surface area (Å²) in [5.74, 6) is -0.0306. The maximum atomic E-state index is 13.2. The predicted molar refractivity (Wildman–Crippen MR) is 106 cm³/mol. The molecule has 5 nitrogen and oxygen atoms in total. The van der Waals surface area contributed by atoms with Gasteiger partial charge in [0.25, 0.3) is 5.91 Å². The SMILES string of the molecule is CC1(C)CCCN1C(=O)c1nc(-c2ccccc2)n(-c2cccc(C(F)(F)F)c2)n1. The fourth-order valence-electron chi connectivity index (χ4n) is 3.78. The maximum absolute atomic E-state index is 13.2. The molecule has 30 heavy (non-hydrogen) atoms. The first-order valence-corrected chi connectivity index (χ1v) is 9.69. The number of hydrogen-bond acceptors (Lipinski definition) is 3. The Balaban J connectivity index is 1.83. The fraction of sp³-hybridized carbons (Fsp3) is 0.318. The van der Waals surface area contributed by atoms with E-state index in [1.54, 1.807) is 29.2 Å². The number of benzene rings is 2. The van der Waals surface area contributed by atoms with Gasteiger partial charge in [0.15, 0.2) is 5.82 Å². The molecule has 2 heterocycles. The quantitative estimate of drug-likeness (QED) is 0.608. The molecule has 4 rings (SSSR count). The third kappa shape index (κ3) is 3.69. The van der Waals surface area contributed by atoms with Gasteiger partial charge in [-0.25, -0.2) is 9.67 Å². The number of halogens is 3. The average molecular weight is 414 g/mol. The second-order valence-electron chi connectivity index (χ2n) is 7.96. The second-order valence-corrected chi connectivity index (χ2v) is 7.96. The van der Waals surface area contributed by atoms with Crippen molar-refractivity contribution in [3.63, 3.8) is 0 Å². The predicted octanol–water partition coefficient (Wildman–Crippen LogP) is 4.97. The number of alkyl halides is 3. The molecule has 156 valence electrons. The van der Waals surface area contributed by atoms with Gasteiger partial charge in [-0.3, -0.25) is 4.79 Å². The Kier molecular flexibility index (Phi) is 4.88. The molecule has 1 aromatic heterocycles. The summed E-state index contributed by atoms with van der Waals surface area (Å²) in [7, 11) is 0. The van der Waals surface area contributed by atoms with Crippen molar-refractivity contribution in [2.75, 3.05) is 6.54 Å². The van der Waals surface area contributed by atoms with Crippen LogP contribution in [0.25, 0.3) is 17.1 Å². The van der Waals surface area contributed by atoms with Crippen LogP contribution in [-0.2, 0) is 6.18 Å². The Bertz CT molecular complexity index is 1070. The van der Waals surface area contributed by atoms with Crippen molar-refractivity contribution < 1.29 is 18.0 Å². The molecule has 0 N–H and O–H groups in total. The molecule has 0 unspecified atom stereocenters. The van der Waals surface area contributed by atoms with Crippen LogP contribution < -0.4 is 0 Å². The second kappa shape index (κ2) is 7.27. The van der Waals surface area contributed by atoms with E-state index in [2.05, 4.69) is 10.1 Å². The molecular formula is C22H21F3N4O. The number of likely N-dealkylation sites (tertiary alicyclic amines) is 1. The lowest BCUT2D eigenvalue weighted by Gasteiger charge is -2.30. The van der Waals surface area contributed by atoms with Crippen LogP contribution in [-0.4, -0.2) is 37.7 Å². The zero-order valence-electron chi connectivity index (χ0n) is 16.6. The van der Waals surface area contributed by atoms with E-state index in [1.807, 2.05) is 19.9 Å². The van der Waals surface area contributed by atoms with E-state index < -0.39 is 11.7 Å². The first-order valence-electron chi connectivity index (χ1n) is 9.69. The van der Waals surface area contributed by atoms with Gasteiger partial charge >= 0.3 is 6.18 Å². The highest BCUT2D eigenvalue weighted by atomic mass is 19.4. The van der Waals surface area contributed by atoms with Crippen LogP contribution >= 0.6 is 0 Å². The molecule has 3 aromatic rings. The first kappa shape index (κ1) is 20.1. The molecule has 0 aliphatic carbocycles. The fourth-order valence-corrected chi connectivity index (χ4v) is 3.78. The van der Waals surface area contributed by atoms with Crippen molar-refractivity contribution in [1.82, 2.24) is 19.7 Å². The van der Waals surface area contributed by atoms with Crippen LogP contribution in [0, 0.1) is 0 Å². The summed E-state index contributed by atoms with van der Waals surface area (Å²) in [5, 5.41) is 4.34. The van der Waals surface area contributed by atoms with Crippen molar-refractivity contribution in [3.8, 4) is 17.1 Å². The van der Waals surface area contributed by atoms with Crippen molar-refractivity contribution in [1.29, 1.82) is 0 Å². The molecule has 0 radical (unpaired) electrons. The normalized spacial score (nSPS) is 16.1. The van der Waals surface area contributed by atoms with E-state index in [9.17, 15) is 18.0 Å². The van der Waals surface area contributed by atoms with Crippen molar-refractivity contribution in [2.24, 2.45) is 0 Å². The molecule has 0 spiro atoms. The molecule has 1 aliphatic rings. The largest absolute Gasteiger partial charge is 0.416 e. The van der Waals surface area contributed by atoms with E-state index in [1.165, 1.54) is 16.8 Å². The average Bonchev–Trinajstić information content (AvgIpc) is 3.31. The molecule has 1 fully saturated rings. The summed E-state index contributed by atoms with van der Waals surface area (Å²) in [6.45, 7) is 4.57. The Morgan fingerprint density at radius 2 is 1.80 bits per heavy atom. The first-order chi connectivity index (χ1) is 14.2. The lowest BCUT2D eigenvalue weighted by molar-refractivity contribution is -0.137. The van der Waals surface area contributed by atoms with Crippen molar-refractivity contribution in [3.05, 3.63) is 66.0 Å². The molecule has 0 bridgehead atoms. The molecule has 8 heteroatoms. The molecule has 1 aliphatic heterocycles. The Morgan fingerprint density at radius 3 is 2.43 bits per heavy atom. The van der Waals surface area contributed by atoms with Gasteiger partial charge in [-0.15, -0.1) is 5.10 Å². The van der Waals surface area contributed by atoms with Crippen LogP contribution in [0.1, 0.15) is 42.9 Å². The van der Waals surface area contributed by atoms with E-state index in [-0.39, 0.29) is 23.0 Å². The number of amides is 1. The minimum Gasteiger partial charge on any atom is -0.331 e. The monoisotopic (exact) mass is 414 g/mol. The third-order valence-electron chi connectivity index (χ3n) is 5.39. The molecule has 1 amide bonds. The summed E-state index contributed by atoms with van der Waals surface area (Å²) in [4.78, 5) is 19.3. The van der Waals surface area contributed by atoms with Gasteiger partial charge in [0.2, 0.25) is 5.82 Å². The van der Waals surface area contributed by atoms with Gasteiger partial charge in [-0.1, -0.05) is 36.4 Å². The number of hydrogen-bond donors (Lipinski definition) is 0. The van der Waals surface area contributed by atoms with Crippen LogP contribution in [0.2, 0.25) is 0 Å². The van der Waals surface area contributed by atoms with Crippen LogP contribution in [0.5, 0.6) is 0 Å². The lowest BCUT2D eigenvalue weighted by Crippen LogP contribution is -2.43. The summed E-state index contributed by atoms with van der Waals surface area (Å²) in [6, 6.07) is 13.8. The zero-order chi connectivity index (χ0) is 21.5. The highest BCUT2D eigenvalue weighted by molar-refractivity contribution is 5.91. The Hall–Kier alpha value is -3.16. The van der Waals surface area contributed by atoms with Gasteiger partial charge < -0.3 is 4.90 Å². The zero-order valence-corrected chi connectivity index (χ0v) is 16.6. The molecular weight excluding hydrogens is 393 g/mol. The minimum absolute atomic E-state index is 0.0266. The highest BCUT2D eigenvalue weighted by Crippen LogP contribution is 2.32. The van der Waals surface area contributed by atoms with Gasteiger partial charge in [-0.05, 0) is 44.9 Å². The van der Waals surface area contributed by atoms with Gasteiger partial charge in [-0.2, -0.15) is 13.2 Å². The van der Waals surface area contributed by atoms with E-state index >= 15 is 0 Å². The Morgan fingerprint density at radius 1 is 1.07 bits per heavy atom. The van der Waals surface area contributed by atoms with E-state index in [0.29, 0.717) is 17.9 Å². The van der Waals surface area contributed by atoms with Crippen LogP contribution in [0.3, 0.4) is 0 Å². The smallest absolute Gasteiger partial charge is 0.331 e. The molecule has 0 atom stereocenters. The number of carbonyl (C=O) groups is 1. The van der Waals surface area contributed by atoms with Crippen molar-refractivity contribution in [2.45, 2.75) is 38.4 Å². The molecule has 1 saturated heterocycles. The molecule has 0 saturated carbocycles. The maximum Gasteiger partial charge on any atom is 0.416 e. The number of nitrogens with zero attached hydrogens (tertiary/aromatic N) is 4. The lowest BCUT2D eigenvalue weighted by atomic mass is 10.0. The van der Waals surface area contributed by atoms with Gasteiger partial charge in [0.05, 0.1) is 11.3 Å².